The first-order valence-electron chi connectivity index (χ1n) is 7.52. The largest absolute Gasteiger partial charge is 0.310 e. The van der Waals surface area contributed by atoms with Crippen LogP contribution in [0, 0.1) is 19.8 Å². The highest BCUT2D eigenvalue weighted by Gasteiger charge is 2.25. The van der Waals surface area contributed by atoms with E-state index in [2.05, 4.69) is 44.3 Å². The summed E-state index contributed by atoms with van der Waals surface area (Å²) in [5.41, 5.74) is 4.30. The summed E-state index contributed by atoms with van der Waals surface area (Å²) in [4.78, 5) is 0. The normalized spacial score (nSPS) is 18.2. The lowest BCUT2D eigenvalue weighted by Crippen LogP contribution is -2.28. The summed E-state index contributed by atoms with van der Waals surface area (Å²) in [5, 5.41) is 3.78. The van der Waals surface area contributed by atoms with E-state index in [0.717, 1.165) is 12.5 Å². The average molecular weight is 245 g/mol. The monoisotopic (exact) mass is 245 g/mol. The van der Waals surface area contributed by atoms with Gasteiger partial charge in [0, 0.05) is 6.04 Å². The van der Waals surface area contributed by atoms with Gasteiger partial charge in [0.1, 0.15) is 0 Å². The highest BCUT2D eigenvalue weighted by Crippen LogP contribution is 2.36. The number of hydrogen-bond acceptors (Lipinski definition) is 1. The average Bonchev–Trinajstić information content (AvgIpc) is 2.82. The molecule has 1 aromatic carbocycles. The van der Waals surface area contributed by atoms with E-state index in [1.807, 2.05) is 0 Å². The van der Waals surface area contributed by atoms with Gasteiger partial charge >= 0.3 is 0 Å². The molecule has 0 radical (unpaired) electrons. The Balaban J connectivity index is 2.20. The standard InChI is InChI=1S/C17H27N/c1-4-9-18-17(15-7-5-6-8-15)16-11-13(2)10-14(3)12-16/h10-12,15,17-18H,4-9H2,1-3H3. The highest BCUT2D eigenvalue weighted by atomic mass is 14.9. The zero-order chi connectivity index (χ0) is 13.0. The Morgan fingerprint density at radius 1 is 1.11 bits per heavy atom. The second kappa shape index (κ2) is 6.38. The van der Waals surface area contributed by atoms with Gasteiger partial charge in [-0.2, -0.15) is 0 Å². The maximum atomic E-state index is 3.78. The van der Waals surface area contributed by atoms with Gasteiger partial charge in [0.25, 0.3) is 0 Å². The van der Waals surface area contributed by atoms with E-state index < -0.39 is 0 Å². The first-order valence-corrected chi connectivity index (χ1v) is 7.52. The maximum absolute atomic E-state index is 3.78. The molecule has 100 valence electrons. The van der Waals surface area contributed by atoms with Gasteiger partial charge in [-0.15, -0.1) is 0 Å². The molecule has 1 heteroatoms. The molecule has 1 atom stereocenters. The second-order valence-corrected chi connectivity index (χ2v) is 5.90. The molecule has 2 rings (SSSR count). The minimum atomic E-state index is 0.575. The van der Waals surface area contributed by atoms with Gasteiger partial charge in [-0.25, -0.2) is 0 Å². The summed E-state index contributed by atoms with van der Waals surface area (Å²) in [6.07, 6.45) is 6.84. The van der Waals surface area contributed by atoms with Gasteiger partial charge in [-0.1, -0.05) is 49.1 Å². The Morgan fingerprint density at radius 2 is 1.72 bits per heavy atom. The summed E-state index contributed by atoms with van der Waals surface area (Å²) in [5.74, 6) is 0.845. The van der Waals surface area contributed by atoms with Crippen LogP contribution in [-0.4, -0.2) is 6.54 Å². The third-order valence-corrected chi connectivity index (χ3v) is 4.09. The Morgan fingerprint density at radius 3 is 2.28 bits per heavy atom. The Labute approximate surface area is 112 Å². The fourth-order valence-electron chi connectivity index (χ4n) is 3.34. The third-order valence-electron chi connectivity index (χ3n) is 4.09. The van der Waals surface area contributed by atoms with Crippen molar-refractivity contribution in [2.75, 3.05) is 6.54 Å². The zero-order valence-electron chi connectivity index (χ0n) is 12.1. The molecule has 1 aliphatic rings. The predicted molar refractivity (Wildman–Crippen MR) is 78.9 cm³/mol. The Hall–Kier alpha value is -0.820. The lowest BCUT2D eigenvalue weighted by Gasteiger charge is -2.26. The molecule has 0 aliphatic heterocycles. The lowest BCUT2D eigenvalue weighted by molar-refractivity contribution is 0.368. The molecule has 1 fully saturated rings. The van der Waals surface area contributed by atoms with E-state index in [0.29, 0.717) is 6.04 Å². The SMILES string of the molecule is CCCNC(c1cc(C)cc(C)c1)C1CCCC1. The van der Waals surface area contributed by atoms with E-state index in [-0.39, 0.29) is 0 Å². The van der Waals surface area contributed by atoms with Crippen LogP contribution in [0.4, 0.5) is 0 Å². The van der Waals surface area contributed by atoms with Crippen molar-refractivity contribution >= 4 is 0 Å². The third kappa shape index (κ3) is 3.35. The van der Waals surface area contributed by atoms with Gasteiger partial charge in [-0.3, -0.25) is 0 Å². The molecular formula is C17H27N. The van der Waals surface area contributed by atoms with Crippen LogP contribution in [0.2, 0.25) is 0 Å². The number of aryl methyl sites for hydroxylation is 2. The topological polar surface area (TPSA) is 12.0 Å². The summed E-state index contributed by atoms with van der Waals surface area (Å²) >= 11 is 0. The molecule has 0 amide bonds. The van der Waals surface area contributed by atoms with Crippen molar-refractivity contribution in [1.82, 2.24) is 5.32 Å². The molecule has 1 aromatic rings. The predicted octanol–water partition coefficient (Wildman–Crippen LogP) is 4.53. The molecule has 0 bridgehead atoms. The number of benzene rings is 1. The molecule has 0 saturated heterocycles. The van der Waals surface area contributed by atoms with Gasteiger partial charge in [-0.05, 0) is 51.1 Å². The van der Waals surface area contributed by atoms with Crippen LogP contribution >= 0.6 is 0 Å². The maximum Gasteiger partial charge on any atom is 0.0348 e. The second-order valence-electron chi connectivity index (χ2n) is 5.90. The first-order chi connectivity index (χ1) is 8.70. The quantitative estimate of drug-likeness (QED) is 0.803. The summed E-state index contributed by atoms with van der Waals surface area (Å²) < 4.78 is 0. The van der Waals surface area contributed by atoms with Gasteiger partial charge in [0.05, 0.1) is 0 Å². The fraction of sp³-hybridized carbons (Fsp3) is 0.647. The molecule has 1 aliphatic carbocycles. The van der Waals surface area contributed by atoms with E-state index in [4.69, 9.17) is 0 Å². The summed E-state index contributed by atoms with van der Waals surface area (Å²) in [6.45, 7) is 7.80. The summed E-state index contributed by atoms with van der Waals surface area (Å²) in [6, 6.07) is 7.60. The number of nitrogens with one attached hydrogen (secondary N) is 1. The molecule has 18 heavy (non-hydrogen) atoms. The molecule has 1 nitrogen and oxygen atoms in total. The van der Waals surface area contributed by atoms with Crippen LogP contribution in [0.3, 0.4) is 0 Å². The molecular weight excluding hydrogens is 218 g/mol. The highest BCUT2D eigenvalue weighted by molar-refractivity contribution is 5.31. The van der Waals surface area contributed by atoms with Crippen molar-refractivity contribution in [2.24, 2.45) is 5.92 Å². The van der Waals surface area contributed by atoms with Crippen LogP contribution in [0.5, 0.6) is 0 Å². The van der Waals surface area contributed by atoms with E-state index in [1.54, 1.807) is 0 Å². The van der Waals surface area contributed by atoms with Crippen LogP contribution in [0.1, 0.15) is 61.8 Å². The van der Waals surface area contributed by atoms with Gasteiger partial charge in [0.2, 0.25) is 0 Å². The molecule has 1 saturated carbocycles. The van der Waals surface area contributed by atoms with Gasteiger partial charge in [0.15, 0.2) is 0 Å². The summed E-state index contributed by atoms with van der Waals surface area (Å²) in [7, 11) is 0. The molecule has 0 spiro atoms. The van der Waals surface area contributed by atoms with Crippen LogP contribution in [-0.2, 0) is 0 Å². The lowest BCUT2D eigenvalue weighted by atomic mass is 9.90. The zero-order valence-corrected chi connectivity index (χ0v) is 12.1. The molecule has 0 aromatic heterocycles. The van der Waals surface area contributed by atoms with E-state index in [1.165, 1.54) is 48.8 Å². The number of rotatable bonds is 5. The Kier molecular flexibility index (Phi) is 4.82. The van der Waals surface area contributed by atoms with Crippen molar-refractivity contribution in [3.63, 3.8) is 0 Å². The van der Waals surface area contributed by atoms with E-state index >= 15 is 0 Å². The fourth-order valence-corrected chi connectivity index (χ4v) is 3.34. The molecule has 1 unspecified atom stereocenters. The van der Waals surface area contributed by atoms with E-state index in [9.17, 15) is 0 Å². The Bertz CT molecular complexity index is 357. The number of hydrogen-bond donors (Lipinski definition) is 1. The molecule has 1 N–H and O–H groups in total. The van der Waals surface area contributed by atoms with Crippen molar-refractivity contribution in [3.8, 4) is 0 Å². The minimum absolute atomic E-state index is 0.575. The smallest absolute Gasteiger partial charge is 0.0348 e. The van der Waals surface area contributed by atoms with Crippen molar-refractivity contribution in [2.45, 2.75) is 58.9 Å². The van der Waals surface area contributed by atoms with Crippen molar-refractivity contribution < 1.29 is 0 Å². The molecule has 0 heterocycles. The van der Waals surface area contributed by atoms with Crippen molar-refractivity contribution in [1.29, 1.82) is 0 Å². The van der Waals surface area contributed by atoms with Crippen LogP contribution in [0.25, 0.3) is 0 Å². The van der Waals surface area contributed by atoms with Crippen molar-refractivity contribution in [3.05, 3.63) is 34.9 Å². The first kappa shape index (κ1) is 13.6. The minimum Gasteiger partial charge on any atom is -0.310 e. The van der Waals surface area contributed by atoms with Crippen LogP contribution < -0.4 is 5.32 Å². The van der Waals surface area contributed by atoms with Crippen LogP contribution in [0.15, 0.2) is 18.2 Å². The van der Waals surface area contributed by atoms with Gasteiger partial charge < -0.3 is 5.32 Å².